The van der Waals surface area contributed by atoms with Crippen molar-refractivity contribution < 1.29 is 8.42 Å². The predicted molar refractivity (Wildman–Crippen MR) is 127 cm³/mol. The zero-order chi connectivity index (χ0) is 22.1. The molecule has 0 amide bonds. The lowest BCUT2D eigenvalue weighted by molar-refractivity contribution is 0.142. The molecule has 32 heavy (non-hydrogen) atoms. The third kappa shape index (κ3) is 4.34. The number of benzene rings is 2. The van der Waals surface area contributed by atoms with Gasteiger partial charge >= 0.3 is 0 Å². The number of nitrogens with one attached hydrogen (secondary N) is 1. The number of likely N-dealkylation sites (tertiary alicyclic amines) is 1. The number of nitrogens with zero attached hydrogens (tertiary/aromatic N) is 3. The molecule has 7 heteroatoms. The van der Waals surface area contributed by atoms with Gasteiger partial charge in [0, 0.05) is 25.0 Å². The Morgan fingerprint density at radius 2 is 1.81 bits per heavy atom. The number of H-pyrrole nitrogens is 1. The van der Waals surface area contributed by atoms with E-state index in [0.29, 0.717) is 17.4 Å². The van der Waals surface area contributed by atoms with E-state index in [4.69, 9.17) is 4.98 Å². The van der Waals surface area contributed by atoms with Crippen molar-refractivity contribution in [3.8, 4) is 0 Å². The summed E-state index contributed by atoms with van der Waals surface area (Å²) in [6, 6.07) is 15.5. The van der Waals surface area contributed by atoms with Crippen LogP contribution in [0.1, 0.15) is 49.4 Å². The number of imidazole rings is 1. The monoisotopic (exact) mass is 452 g/mol. The van der Waals surface area contributed by atoms with Gasteiger partial charge in [0.05, 0.1) is 15.9 Å². The second-order valence-corrected chi connectivity index (χ2v) is 11.2. The van der Waals surface area contributed by atoms with Gasteiger partial charge in [-0.25, -0.2) is 13.4 Å². The number of aromatic nitrogens is 2. The SMILES string of the molecule is Cc1cccc(S(=O)(=O)N2CCCCC2CN2CCC(c3nc4ccccc4[nH]3)CC2)c1. The molecule has 3 heterocycles. The van der Waals surface area contributed by atoms with Gasteiger partial charge in [0.25, 0.3) is 0 Å². The number of para-hydroxylation sites is 2. The third-order valence-corrected chi connectivity index (χ3v) is 8.97. The van der Waals surface area contributed by atoms with Gasteiger partial charge in [-0.05, 0) is 75.5 Å². The van der Waals surface area contributed by atoms with Crippen LogP contribution < -0.4 is 0 Å². The van der Waals surface area contributed by atoms with Crippen LogP contribution in [0.25, 0.3) is 11.0 Å². The van der Waals surface area contributed by atoms with E-state index in [1.54, 1.807) is 16.4 Å². The smallest absolute Gasteiger partial charge is 0.243 e. The molecule has 0 saturated carbocycles. The Morgan fingerprint density at radius 3 is 2.59 bits per heavy atom. The van der Waals surface area contributed by atoms with Crippen molar-refractivity contribution in [1.29, 1.82) is 0 Å². The number of piperidine rings is 2. The van der Waals surface area contributed by atoms with Crippen LogP contribution in [0.4, 0.5) is 0 Å². The minimum absolute atomic E-state index is 0.0528. The maximum Gasteiger partial charge on any atom is 0.243 e. The molecule has 170 valence electrons. The summed E-state index contributed by atoms with van der Waals surface area (Å²) in [5, 5.41) is 0. The summed E-state index contributed by atoms with van der Waals surface area (Å²) >= 11 is 0. The lowest BCUT2D eigenvalue weighted by Crippen LogP contribution is -2.50. The van der Waals surface area contributed by atoms with Crippen molar-refractivity contribution in [2.24, 2.45) is 0 Å². The first-order valence-corrected chi connectivity index (χ1v) is 13.2. The number of fused-ring (bicyclic) bond motifs is 1. The molecule has 6 nitrogen and oxygen atoms in total. The largest absolute Gasteiger partial charge is 0.342 e. The summed E-state index contributed by atoms with van der Waals surface area (Å²) < 4.78 is 28.6. The van der Waals surface area contributed by atoms with E-state index in [1.165, 1.54) is 0 Å². The molecule has 2 aromatic carbocycles. The summed E-state index contributed by atoms with van der Waals surface area (Å²) in [5.41, 5.74) is 3.11. The average Bonchev–Trinajstić information content (AvgIpc) is 3.24. The van der Waals surface area contributed by atoms with Crippen molar-refractivity contribution in [3.05, 3.63) is 59.9 Å². The second kappa shape index (κ2) is 8.96. The fraction of sp³-hybridized carbons (Fsp3) is 0.480. The molecule has 2 saturated heterocycles. The summed E-state index contributed by atoms with van der Waals surface area (Å²) in [5.74, 6) is 1.53. The van der Waals surface area contributed by atoms with Crippen LogP contribution in [0.15, 0.2) is 53.4 Å². The number of aryl methyl sites for hydroxylation is 1. The lowest BCUT2D eigenvalue weighted by Gasteiger charge is -2.39. The maximum absolute atomic E-state index is 13.4. The van der Waals surface area contributed by atoms with Gasteiger partial charge in [0.15, 0.2) is 0 Å². The van der Waals surface area contributed by atoms with Gasteiger partial charge in [-0.2, -0.15) is 4.31 Å². The molecule has 2 aliphatic rings. The quantitative estimate of drug-likeness (QED) is 0.627. The molecule has 5 rings (SSSR count). The van der Waals surface area contributed by atoms with Gasteiger partial charge in [0.1, 0.15) is 5.82 Å². The third-order valence-electron chi connectivity index (χ3n) is 7.02. The predicted octanol–water partition coefficient (Wildman–Crippen LogP) is 4.29. The molecule has 0 bridgehead atoms. The summed E-state index contributed by atoms with van der Waals surface area (Å²) in [6.07, 6.45) is 5.08. The molecular weight excluding hydrogens is 420 g/mol. The molecule has 1 atom stereocenters. The molecular formula is C25H32N4O2S. The molecule has 3 aromatic rings. The molecule has 2 aliphatic heterocycles. The van der Waals surface area contributed by atoms with Crippen LogP contribution in [-0.2, 0) is 10.0 Å². The minimum atomic E-state index is -3.46. The number of sulfonamides is 1. The molecule has 0 spiro atoms. The summed E-state index contributed by atoms with van der Waals surface area (Å²) in [4.78, 5) is 11.2. The maximum atomic E-state index is 13.4. The van der Waals surface area contributed by atoms with Crippen LogP contribution in [0.5, 0.6) is 0 Å². The molecule has 0 radical (unpaired) electrons. The number of hydrogen-bond donors (Lipinski definition) is 1. The summed E-state index contributed by atoms with van der Waals surface area (Å²) in [7, 11) is -3.46. The van der Waals surface area contributed by atoms with Crippen LogP contribution in [0.2, 0.25) is 0 Å². The Labute approximate surface area is 190 Å². The fourth-order valence-corrected chi connectivity index (χ4v) is 7.03. The summed E-state index contributed by atoms with van der Waals surface area (Å²) in [6.45, 7) is 5.35. The van der Waals surface area contributed by atoms with E-state index < -0.39 is 10.0 Å². The normalized spacial score (nSPS) is 21.8. The van der Waals surface area contributed by atoms with E-state index in [0.717, 1.165) is 74.2 Å². The van der Waals surface area contributed by atoms with Crippen LogP contribution in [0.3, 0.4) is 0 Å². The van der Waals surface area contributed by atoms with E-state index in [-0.39, 0.29) is 6.04 Å². The number of aromatic amines is 1. The van der Waals surface area contributed by atoms with E-state index in [1.807, 2.05) is 31.2 Å². The Hall–Kier alpha value is -2.22. The highest BCUT2D eigenvalue weighted by Gasteiger charge is 2.35. The first kappa shape index (κ1) is 21.6. The van der Waals surface area contributed by atoms with Crippen molar-refractivity contribution in [2.45, 2.75) is 55.9 Å². The molecule has 1 N–H and O–H groups in total. The second-order valence-electron chi connectivity index (χ2n) is 9.30. The first-order chi connectivity index (χ1) is 15.5. The molecule has 1 unspecified atom stereocenters. The number of rotatable bonds is 5. The van der Waals surface area contributed by atoms with Gasteiger partial charge in [-0.1, -0.05) is 30.7 Å². The Balaban J connectivity index is 1.25. The van der Waals surface area contributed by atoms with Crippen LogP contribution in [0, 0.1) is 6.92 Å². The van der Waals surface area contributed by atoms with Gasteiger partial charge in [0.2, 0.25) is 10.0 Å². The molecule has 0 aliphatic carbocycles. The van der Waals surface area contributed by atoms with Crippen molar-refractivity contribution in [2.75, 3.05) is 26.2 Å². The van der Waals surface area contributed by atoms with Crippen LogP contribution >= 0.6 is 0 Å². The minimum Gasteiger partial charge on any atom is -0.342 e. The lowest BCUT2D eigenvalue weighted by atomic mass is 9.95. The van der Waals surface area contributed by atoms with Crippen molar-refractivity contribution in [3.63, 3.8) is 0 Å². The Kier molecular flexibility index (Phi) is 6.05. The average molecular weight is 453 g/mol. The highest BCUT2D eigenvalue weighted by Crippen LogP contribution is 2.30. The van der Waals surface area contributed by atoms with Gasteiger partial charge in [-0.3, -0.25) is 0 Å². The van der Waals surface area contributed by atoms with Crippen molar-refractivity contribution in [1.82, 2.24) is 19.2 Å². The standard InChI is InChI=1S/C25H32N4O2S/c1-19-7-6-9-22(17-19)32(30,31)29-14-5-4-8-21(29)18-28-15-12-20(13-16-28)25-26-23-10-2-3-11-24(23)27-25/h2-3,6-7,9-11,17,20-21H,4-5,8,12-16,18H2,1H3,(H,26,27). The fourth-order valence-electron chi connectivity index (χ4n) is 5.24. The van der Waals surface area contributed by atoms with Gasteiger partial charge < -0.3 is 9.88 Å². The topological polar surface area (TPSA) is 69.3 Å². The van der Waals surface area contributed by atoms with E-state index >= 15 is 0 Å². The van der Waals surface area contributed by atoms with Gasteiger partial charge in [-0.15, -0.1) is 0 Å². The van der Waals surface area contributed by atoms with Crippen molar-refractivity contribution >= 4 is 21.1 Å². The zero-order valence-electron chi connectivity index (χ0n) is 18.7. The molecule has 1 aromatic heterocycles. The Bertz CT molecular complexity index is 1150. The zero-order valence-corrected chi connectivity index (χ0v) is 19.5. The highest BCUT2D eigenvalue weighted by molar-refractivity contribution is 7.89. The Morgan fingerprint density at radius 1 is 1.00 bits per heavy atom. The van der Waals surface area contributed by atoms with E-state index in [2.05, 4.69) is 22.0 Å². The highest BCUT2D eigenvalue weighted by atomic mass is 32.2. The van der Waals surface area contributed by atoms with Crippen LogP contribution in [-0.4, -0.2) is 59.8 Å². The number of hydrogen-bond acceptors (Lipinski definition) is 4. The first-order valence-electron chi connectivity index (χ1n) is 11.8. The molecule has 2 fully saturated rings. The van der Waals surface area contributed by atoms with E-state index in [9.17, 15) is 8.42 Å².